The number of rotatable bonds is 25. The van der Waals surface area contributed by atoms with Gasteiger partial charge >= 0.3 is 11.9 Å². The summed E-state index contributed by atoms with van der Waals surface area (Å²) in [4.78, 5) is 65.6. The Morgan fingerprint density at radius 3 is 1.92 bits per heavy atom. The molecule has 0 fully saturated rings. The Balaban J connectivity index is 2.52. The van der Waals surface area contributed by atoms with Crippen LogP contribution in [0.5, 0.6) is 0 Å². The Labute approximate surface area is 308 Å². The summed E-state index contributed by atoms with van der Waals surface area (Å²) in [5.74, 6) is -1.73. The first kappa shape index (κ1) is 44.5. The quantitative estimate of drug-likeness (QED) is 0.0611. The zero-order chi connectivity index (χ0) is 37.6. The second-order valence-electron chi connectivity index (χ2n) is 12.0. The number of thioether (sulfide) groups is 1. The molecule has 0 saturated carbocycles. The third-order valence-corrected chi connectivity index (χ3v) is 7.75. The molecule has 1 atom stereocenters. The standard InChI is InChI=1S/C40H55N3O7S/c1-5-6-7-8-9-10-11-12-13-14-15-16-17-18-19-20-21-22-25-36(46)49-32-40(3,4)37(50-39(48)34-24-23-27-41-31-34)38(47)43-28-26-35(45)42-29-30-51-33(2)44/h6-7,9-10,12-13,15-16,18-19,21-24,27,31,37H,5,8,11,14,17,20,25-26,28-30,32H2,1-4H3,(H,42,45)(H,43,47)/t37-/m0/s1. The van der Waals surface area contributed by atoms with Gasteiger partial charge in [0.25, 0.3) is 5.91 Å². The number of esters is 2. The smallest absolute Gasteiger partial charge is 0.340 e. The van der Waals surface area contributed by atoms with E-state index < -0.39 is 29.4 Å². The highest BCUT2D eigenvalue weighted by Crippen LogP contribution is 2.26. The molecular formula is C40H55N3O7S. The summed E-state index contributed by atoms with van der Waals surface area (Å²) < 4.78 is 11.1. The number of hydrogen-bond donors (Lipinski definition) is 2. The number of pyridine rings is 1. The van der Waals surface area contributed by atoms with Gasteiger partial charge in [0.1, 0.15) is 6.61 Å². The summed E-state index contributed by atoms with van der Waals surface area (Å²) in [6.07, 6.45) is 31.9. The average molecular weight is 722 g/mol. The van der Waals surface area contributed by atoms with E-state index in [-0.39, 0.29) is 42.6 Å². The molecule has 1 aromatic rings. The van der Waals surface area contributed by atoms with Crippen molar-refractivity contribution in [3.05, 3.63) is 103 Å². The predicted octanol–water partition coefficient (Wildman–Crippen LogP) is 7.17. The number of carbonyl (C=O) groups excluding carboxylic acids is 5. The Morgan fingerprint density at radius 1 is 0.824 bits per heavy atom. The molecule has 0 aliphatic rings. The molecule has 11 heteroatoms. The van der Waals surface area contributed by atoms with E-state index in [1.54, 1.807) is 26.0 Å². The molecule has 278 valence electrons. The van der Waals surface area contributed by atoms with E-state index in [4.69, 9.17) is 9.47 Å². The average Bonchev–Trinajstić information content (AvgIpc) is 3.11. The maximum absolute atomic E-state index is 13.2. The minimum atomic E-state index is -1.33. The molecule has 1 heterocycles. The molecule has 2 amide bonds. The van der Waals surface area contributed by atoms with Crippen LogP contribution in [0.25, 0.3) is 0 Å². The summed E-state index contributed by atoms with van der Waals surface area (Å²) in [6.45, 7) is 7.00. The zero-order valence-corrected chi connectivity index (χ0v) is 31.3. The maximum atomic E-state index is 13.2. The van der Waals surface area contributed by atoms with Gasteiger partial charge < -0.3 is 20.1 Å². The lowest BCUT2D eigenvalue weighted by Gasteiger charge is -2.32. The monoisotopic (exact) mass is 721 g/mol. The van der Waals surface area contributed by atoms with Crippen molar-refractivity contribution in [2.24, 2.45) is 5.41 Å². The van der Waals surface area contributed by atoms with Crippen LogP contribution in [-0.4, -0.2) is 65.4 Å². The third kappa shape index (κ3) is 23.5. The van der Waals surface area contributed by atoms with Crippen LogP contribution in [0.4, 0.5) is 0 Å². The SMILES string of the molecule is CCC=CCC=CCC=CCC=CCC=CCC=CCC(=O)OCC(C)(C)[C@@H](OC(=O)c1cccnc1)C(=O)NCCC(=O)NCCSC(C)=O. The number of ether oxygens (including phenoxy) is 2. The second-order valence-corrected chi connectivity index (χ2v) is 13.3. The van der Waals surface area contributed by atoms with E-state index in [2.05, 4.69) is 77.2 Å². The number of aromatic nitrogens is 1. The molecule has 0 unspecified atom stereocenters. The molecule has 1 rings (SSSR count). The first-order valence-electron chi connectivity index (χ1n) is 17.4. The van der Waals surface area contributed by atoms with Crippen molar-refractivity contribution >= 4 is 40.6 Å². The number of carbonyl (C=O) groups is 5. The van der Waals surface area contributed by atoms with E-state index in [1.807, 2.05) is 12.2 Å². The lowest BCUT2D eigenvalue weighted by Crippen LogP contribution is -2.49. The van der Waals surface area contributed by atoms with E-state index in [0.717, 1.165) is 43.9 Å². The van der Waals surface area contributed by atoms with Gasteiger partial charge in [-0.25, -0.2) is 4.79 Å². The summed E-state index contributed by atoms with van der Waals surface area (Å²) in [7, 11) is 0. The molecular weight excluding hydrogens is 667 g/mol. The van der Waals surface area contributed by atoms with Crippen molar-refractivity contribution in [2.45, 2.75) is 85.2 Å². The molecule has 0 spiro atoms. The highest BCUT2D eigenvalue weighted by atomic mass is 32.2. The van der Waals surface area contributed by atoms with Gasteiger partial charge in [-0.1, -0.05) is 105 Å². The van der Waals surface area contributed by atoms with E-state index >= 15 is 0 Å². The first-order valence-corrected chi connectivity index (χ1v) is 18.4. The van der Waals surface area contributed by atoms with Crippen molar-refractivity contribution in [1.29, 1.82) is 0 Å². The fraction of sp³-hybridized carbons (Fsp3) is 0.450. The van der Waals surface area contributed by atoms with Crippen molar-refractivity contribution in [1.82, 2.24) is 15.6 Å². The van der Waals surface area contributed by atoms with Crippen LogP contribution >= 0.6 is 11.8 Å². The van der Waals surface area contributed by atoms with Crippen molar-refractivity contribution in [2.75, 3.05) is 25.4 Å². The zero-order valence-electron chi connectivity index (χ0n) is 30.5. The van der Waals surface area contributed by atoms with Crippen LogP contribution in [0.1, 0.15) is 89.4 Å². The lowest BCUT2D eigenvalue weighted by molar-refractivity contribution is -0.152. The molecule has 10 nitrogen and oxygen atoms in total. The summed E-state index contributed by atoms with van der Waals surface area (Å²) in [5.41, 5.74) is -0.953. The highest BCUT2D eigenvalue weighted by Gasteiger charge is 2.40. The first-order chi connectivity index (χ1) is 24.6. The van der Waals surface area contributed by atoms with Crippen molar-refractivity contribution < 1.29 is 33.4 Å². The van der Waals surface area contributed by atoms with E-state index in [9.17, 15) is 24.0 Å². The molecule has 0 aliphatic carbocycles. The van der Waals surface area contributed by atoms with Crippen molar-refractivity contribution in [3.8, 4) is 0 Å². The molecule has 51 heavy (non-hydrogen) atoms. The number of allylic oxidation sites excluding steroid dienone is 11. The maximum Gasteiger partial charge on any atom is 0.340 e. The lowest BCUT2D eigenvalue weighted by atomic mass is 9.86. The van der Waals surface area contributed by atoms with Gasteiger partial charge in [0.2, 0.25) is 5.91 Å². The van der Waals surface area contributed by atoms with Gasteiger partial charge in [0.15, 0.2) is 11.2 Å². The minimum absolute atomic E-state index is 0.00991. The molecule has 0 bridgehead atoms. The van der Waals surface area contributed by atoms with Gasteiger partial charge in [0, 0.05) is 50.0 Å². The molecule has 0 saturated heterocycles. The largest absolute Gasteiger partial charge is 0.465 e. The predicted molar refractivity (Wildman–Crippen MR) is 205 cm³/mol. The Bertz CT molecular complexity index is 1380. The second kappa shape index (κ2) is 28.2. The Morgan fingerprint density at radius 2 is 1.39 bits per heavy atom. The Kier molecular flexibility index (Phi) is 24.6. The fourth-order valence-corrected chi connectivity index (χ4v) is 4.69. The summed E-state index contributed by atoms with van der Waals surface area (Å²) in [6, 6.07) is 3.08. The van der Waals surface area contributed by atoms with Crippen LogP contribution in [-0.2, 0) is 28.7 Å². The van der Waals surface area contributed by atoms with E-state index in [0.29, 0.717) is 18.7 Å². The summed E-state index contributed by atoms with van der Waals surface area (Å²) >= 11 is 1.11. The molecule has 1 aromatic heterocycles. The number of amides is 2. The highest BCUT2D eigenvalue weighted by molar-refractivity contribution is 8.13. The van der Waals surface area contributed by atoms with Gasteiger partial charge in [-0.05, 0) is 50.7 Å². The van der Waals surface area contributed by atoms with E-state index in [1.165, 1.54) is 25.4 Å². The molecule has 0 aromatic carbocycles. The van der Waals surface area contributed by atoms with Crippen molar-refractivity contribution in [3.63, 3.8) is 0 Å². The van der Waals surface area contributed by atoms with Crippen LogP contribution in [0.2, 0.25) is 0 Å². The topological polar surface area (TPSA) is 141 Å². The Hall–Kier alpha value is -4.51. The van der Waals surface area contributed by atoms with Crippen LogP contribution < -0.4 is 10.6 Å². The molecule has 0 aliphatic heterocycles. The number of nitrogens with zero attached hydrogens (tertiary/aromatic N) is 1. The van der Waals surface area contributed by atoms with Gasteiger partial charge in [0.05, 0.1) is 12.0 Å². The fourth-order valence-electron chi connectivity index (χ4n) is 4.19. The van der Waals surface area contributed by atoms with Gasteiger partial charge in [-0.15, -0.1) is 0 Å². The third-order valence-electron chi connectivity index (χ3n) is 6.94. The minimum Gasteiger partial charge on any atom is -0.465 e. The molecule has 2 N–H and O–H groups in total. The van der Waals surface area contributed by atoms with Crippen LogP contribution in [0.3, 0.4) is 0 Å². The molecule has 0 radical (unpaired) electrons. The summed E-state index contributed by atoms with van der Waals surface area (Å²) in [5, 5.41) is 5.28. The van der Waals surface area contributed by atoms with Crippen LogP contribution in [0.15, 0.2) is 97.4 Å². The van der Waals surface area contributed by atoms with Crippen LogP contribution in [0, 0.1) is 5.41 Å². The normalized spacial score (nSPS) is 12.8. The van der Waals surface area contributed by atoms with Gasteiger partial charge in [-0.2, -0.15) is 0 Å². The number of hydrogen-bond acceptors (Lipinski definition) is 9. The number of nitrogens with one attached hydrogen (secondary N) is 2. The van der Waals surface area contributed by atoms with Gasteiger partial charge in [-0.3, -0.25) is 24.2 Å².